The van der Waals surface area contributed by atoms with Gasteiger partial charge in [0.15, 0.2) is 5.11 Å². The van der Waals surface area contributed by atoms with Gasteiger partial charge in [-0.3, -0.25) is 9.97 Å². The van der Waals surface area contributed by atoms with E-state index in [1.54, 1.807) is 0 Å². The highest BCUT2D eigenvalue weighted by molar-refractivity contribution is 7.80. The van der Waals surface area contributed by atoms with Crippen LogP contribution >= 0.6 is 12.2 Å². The number of rotatable bonds is 5. The molecule has 148 valence electrons. The third kappa shape index (κ3) is 3.46. The number of nitrogens with one attached hydrogen (secondary N) is 1. The normalized spacial score (nSPS) is 18.4. The van der Waals surface area contributed by atoms with Crippen LogP contribution in [0.5, 0.6) is 0 Å². The molecule has 0 spiro atoms. The highest BCUT2D eigenvalue weighted by Crippen LogP contribution is 2.40. The smallest absolute Gasteiger partial charge is 0.170 e. The summed E-state index contributed by atoms with van der Waals surface area (Å²) in [6, 6.07) is 26.5. The van der Waals surface area contributed by atoms with E-state index >= 15 is 0 Å². The minimum atomic E-state index is -0.0558. The molecule has 1 N–H and O–H groups in total. The van der Waals surface area contributed by atoms with E-state index in [2.05, 4.69) is 67.3 Å². The average molecular weight is 412 g/mol. The second kappa shape index (κ2) is 8.08. The molecule has 0 unspecified atom stereocenters. The van der Waals surface area contributed by atoms with Crippen molar-refractivity contribution in [3.8, 4) is 5.69 Å². The summed E-state index contributed by atoms with van der Waals surface area (Å²) in [5.74, 6) is 0. The molecule has 4 heterocycles. The van der Waals surface area contributed by atoms with Gasteiger partial charge in [0.25, 0.3) is 0 Å². The SMILES string of the molecule is S=C1N[C@H](c2ccccn2)[C@H](c2cccn2-c2ccccc2)N1Cc1ccccn1. The molecular formula is C24H21N5S. The first kappa shape index (κ1) is 18.5. The Labute approximate surface area is 181 Å². The number of nitrogens with zero attached hydrogens (tertiary/aromatic N) is 4. The maximum absolute atomic E-state index is 5.78. The fourth-order valence-electron chi connectivity index (χ4n) is 4.02. The minimum absolute atomic E-state index is 0.0235. The lowest BCUT2D eigenvalue weighted by Gasteiger charge is -2.28. The van der Waals surface area contributed by atoms with Crippen molar-refractivity contribution in [1.29, 1.82) is 0 Å². The molecule has 0 amide bonds. The van der Waals surface area contributed by atoms with Gasteiger partial charge >= 0.3 is 0 Å². The van der Waals surface area contributed by atoms with Gasteiger partial charge in [-0.05, 0) is 60.7 Å². The van der Waals surface area contributed by atoms with Gasteiger partial charge in [-0.1, -0.05) is 30.3 Å². The van der Waals surface area contributed by atoms with Crippen LogP contribution < -0.4 is 5.32 Å². The molecule has 2 atom stereocenters. The van der Waals surface area contributed by atoms with Crippen molar-refractivity contribution < 1.29 is 0 Å². The average Bonchev–Trinajstić information content (AvgIpc) is 3.40. The van der Waals surface area contributed by atoms with Gasteiger partial charge in [0.2, 0.25) is 0 Å². The van der Waals surface area contributed by atoms with Crippen LogP contribution in [0.1, 0.15) is 29.2 Å². The summed E-state index contributed by atoms with van der Waals surface area (Å²) in [4.78, 5) is 11.4. The van der Waals surface area contributed by atoms with Gasteiger partial charge in [-0.2, -0.15) is 0 Å². The summed E-state index contributed by atoms with van der Waals surface area (Å²) < 4.78 is 2.22. The number of benzene rings is 1. The number of para-hydroxylation sites is 1. The quantitative estimate of drug-likeness (QED) is 0.492. The van der Waals surface area contributed by atoms with Crippen molar-refractivity contribution in [2.75, 3.05) is 0 Å². The molecule has 0 radical (unpaired) electrons. The molecule has 1 aromatic carbocycles. The van der Waals surface area contributed by atoms with Crippen LogP contribution in [0.15, 0.2) is 97.5 Å². The Morgan fingerprint density at radius 1 is 0.833 bits per heavy atom. The van der Waals surface area contributed by atoms with Gasteiger partial charge in [0, 0.05) is 30.0 Å². The summed E-state index contributed by atoms with van der Waals surface area (Å²) in [5, 5.41) is 4.22. The van der Waals surface area contributed by atoms with Crippen molar-refractivity contribution >= 4 is 17.3 Å². The number of aromatic nitrogens is 3. The molecule has 3 aromatic heterocycles. The first-order valence-electron chi connectivity index (χ1n) is 9.92. The Bertz CT molecular complexity index is 1130. The Morgan fingerprint density at radius 3 is 2.33 bits per heavy atom. The van der Waals surface area contributed by atoms with Crippen LogP contribution in [0, 0.1) is 0 Å². The molecule has 0 bridgehead atoms. The number of hydrogen-bond donors (Lipinski definition) is 1. The first-order chi connectivity index (χ1) is 14.8. The maximum Gasteiger partial charge on any atom is 0.170 e. The third-order valence-corrected chi connectivity index (χ3v) is 5.73. The van der Waals surface area contributed by atoms with Crippen molar-refractivity contribution in [3.63, 3.8) is 0 Å². The minimum Gasteiger partial charge on any atom is -0.352 e. The Morgan fingerprint density at radius 2 is 1.60 bits per heavy atom. The predicted octanol–water partition coefficient (Wildman–Crippen LogP) is 4.44. The molecule has 5 nitrogen and oxygen atoms in total. The molecule has 6 heteroatoms. The van der Waals surface area contributed by atoms with Crippen LogP contribution in [0.4, 0.5) is 0 Å². The topological polar surface area (TPSA) is 46.0 Å². The lowest BCUT2D eigenvalue weighted by Crippen LogP contribution is -2.30. The second-order valence-corrected chi connectivity index (χ2v) is 7.60. The summed E-state index contributed by atoms with van der Waals surface area (Å²) >= 11 is 5.78. The fraction of sp³-hybridized carbons (Fsp3) is 0.125. The van der Waals surface area contributed by atoms with E-state index in [0.717, 1.165) is 22.8 Å². The zero-order valence-electron chi connectivity index (χ0n) is 16.3. The molecular weight excluding hydrogens is 390 g/mol. The molecule has 5 rings (SSSR count). The molecule has 1 aliphatic rings. The highest BCUT2D eigenvalue weighted by Gasteiger charge is 2.41. The molecule has 0 aliphatic carbocycles. The number of hydrogen-bond acceptors (Lipinski definition) is 3. The Kier molecular flexibility index (Phi) is 4.99. The van der Waals surface area contributed by atoms with Crippen LogP contribution in [0.25, 0.3) is 5.69 Å². The maximum atomic E-state index is 5.78. The fourth-order valence-corrected chi connectivity index (χ4v) is 4.33. The Hall–Kier alpha value is -3.51. The number of thiocarbonyl (C=S) groups is 1. The van der Waals surface area contributed by atoms with Crippen molar-refractivity contribution in [2.24, 2.45) is 0 Å². The van der Waals surface area contributed by atoms with E-state index < -0.39 is 0 Å². The van der Waals surface area contributed by atoms with E-state index in [1.165, 1.54) is 0 Å². The molecule has 1 aliphatic heterocycles. The van der Waals surface area contributed by atoms with E-state index in [-0.39, 0.29) is 12.1 Å². The van der Waals surface area contributed by atoms with E-state index in [4.69, 9.17) is 12.2 Å². The van der Waals surface area contributed by atoms with E-state index in [1.807, 2.05) is 54.9 Å². The standard InChI is InChI=1S/C24H21N5S/c30-24-27-22(20-12-5-7-15-26-20)23(29(24)17-18-9-4-6-14-25-18)21-13-8-16-28(21)19-10-2-1-3-11-19/h1-16,22-23H,17H2,(H,27,30)/t22-,23+/m1/s1. The summed E-state index contributed by atoms with van der Waals surface area (Å²) in [7, 11) is 0. The Balaban J connectivity index is 1.60. The van der Waals surface area contributed by atoms with Crippen LogP contribution in [-0.2, 0) is 6.54 Å². The second-order valence-electron chi connectivity index (χ2n) is 7.21. The lowest BCUT2D eigenvalue weighted by molar-refractivity contribution is 0.299. The zero-order valence-corrected chi connectivity index (χ0v) is 17.1. The van der Waals surface area contributed by atoms with Crippen LogP contribution in [-0.4, -0.2) is 24.5 Å². The van der Waals surface area contributed by atoms with Crippen LogP contribution in [0.3, 0.4) is 0 Å². The first-order valence-corrected chi connectivity index (χ1v) is 10.3. The molecule has 0 saturated carbocycles. The molecule has 1 saturated heterocycles. The van der Waals surface area contributed by atoms with Crippen molar-refractivity contribution in [2.45, 2.75) is 18.6 Å². The predicted molar refractivity (Wildman–Crippen MR) is 121 cm³/mol. The molecule has 1 fully saturated rings. The third-order valence-electron chi connectivity index (χ3n) is 5.37. The van der Waals surface area contributed by atoms with Crippen LogP contribution in [0.2, 0.25) is 0 Å². The van der Waals surface area contributed by atoms with Gasteiger partial charge in [-0.15, -0.1) is 0 Å². The van der Waals surface area contributed by atoms with Crippen molar-refractivity contribution in [3.05, 3.63) is 115 Å². The van der Waals surface area contributed by atoms with Gasteiger partial charge in [-0.25, -0.2) is 0 Å². The summed E-state index contributed by atoms with van der Waals surface area (Å²) in [6.07, 6.45) is 5.75. The highest BCUT2D eigenvalue weighted by atomic mass is 32.1. The molecule has 30 heavy (non-hydrogen) atoms. The van der Waals surface area contributed by atoms with Gasteiger partial charge < -0.3 is 14.8 Å². The van der Waals surface area contributed by atoms with Gasteiger partial charge in [0.1, 0.15) is 0 Å². The number of pyridine rings is 2. The summed E-state index contributed by atoms with van der Waals surface area (Å²) in [6.45, 7) is 0.626. The largest absolute Gasteiger partial charge is 0.352 e. The van der Waals surface area contributed by atoms with E-state index in [0.29, 0.717) is 11.7 Å². The zero-order chi connectivity index (χ0) is 20.3. The van der Waals surface area contributed by atoms with E-state index in [9.17, 15) is 0 Å². The van der Waals surface area contributed by atoms with Crippen molar-refractivity contribution in [1.82, 2.24) is 24.8 Å². The summed E-state index contributed by atoms with van der Waals surface area (Å²) in [5.41, 5.74) is 4.22. The monoisotopic (exact) mass is 411 g/mol. The van der Waals surface area contributed by atoms with Gasteiger partial charge in [0.05, 0.1) is 30.0 Å². The lowest BCUT2D eigenvalue weighted by atomic mass is 10.0. The molecule has 4 aromatic rings.